The summed E-state index contributed by atoms with van der Waals surface area (Å²) in [5.41, 5.74) is 5.38. The number of hydrogen-bond donors (Lipinski definition) is 1. The van der Waals surface area contributed by atoms with Crippen molar-refractivity contribution < 1.29 is 17.9 Å². The normalized spacial score (nSPS) is 20.4. The van der Waals surface area contributed by atoms with Crippen molar-refractivity contribution in [2.45, 2.75) is 18.7 Å². The van der Waals surface area contributed by atoms with E-state index in [1.54, 1.807) is 12.0 Å². The quantitative estimate of drug-likeness (QED) is 0.870. The maximum absolute atomic E-state index is 12.6. The molecule has 0 aromatic carbocycles. The summed E-state index contributed by atoms with van der Waals surface area (Å²) < 4.78 is 42.8. The SMILES string of the molecule is COC1CCN(c2cc(N)nc(C(F)(F)F)n2)C1. The van der Waals surface area contributed by atoms with Crippen LogP contribution in [0.1, 0.15) is 12.2 Å². The zero-order valence-electron chi connectivity index (χ0n) is 9.74. The van der Waals surface area contributed by atoms with Crippen LogP contribution in [0.2, 0.25) is 0 Å². The molecule has 1 fully saturated rings. The van der Waals surface area contributed by atoms with Crippen LogP contribution in [0.5, 0.6) is 0 Å². The van der Waals surface area contributed by atoms with Crippen LogP contribution in [-0.4, -0.2) is 36.3 Å². The second-order valence-electron chi connectivity index (χ2n) is 4.06. The van der Waals surface area contributed by atoms with Crippen molar-refractivity contribution in [1.29, 1.82) is 0 Å². The van der Waals surface area contributed by atoms with Crippen LogP contribution in [0.25, 0.3) is 0 Å². The van der Waals surface area contributed by atoms with Gasteiger partial charge >= 0.3 is 6.18 Å². The van der Waals surface area contributed by atoms with Crippen LogP contribution < -0.4 is 10.6 Å². The Morgan fingerprint density at radius 2 is 2.17 bits per heavy atom. The Morgan fingerprint density at radius 1 is 1.44 bits per heavy atom. The molecular weight excluding hydrogens is 249 g/mol. The van der Waals surface area contributed by atoms with Crippen LogP contribution in [0.15, 0.2) is 6.07 Å². The first-order valence-corrected chi connectivity index (χ1v) is 5.39. The largest absolute Gasteiger partial charge is 0.451 e. The molecule has 100 valence electrons. The molecule has 2 rings (SSSR count). The van der Waals surface area contributed by atoms with Gasteiger partial charge in [0, 0.05) is 26.3 Å². The molecule has 1 aromatic heterocycles. The standard InChI is InChI=1S/C10H13F3N4O/c1-18-6-2-3-17(5-6)8-4-7(14)15-9(16-8)10(11,12)13/h4,6H,2-3,5H2,1H3,(H2,14,15,16). The van der Waals surface area contributed by atoms with Gasteiger partial charge in [-0.05, 0) is 6.42 Å². The summed E-state index contributed by atoms with van der Waals surface area (Å²) >= 11 is 0. The van der Waals surface area contributed by atoms with Gasteiger partial charge in [0.15, 0.2) is 0 Å². The lowest BCUT2D eigenvalue weighted by atomic mass is 10.3. The van der Waals surface area contributed by atoms with Gasteiger partial charge in [-0.25, -0.2) is 9.97 Å². The lowest BCUT2D eigenvalue weighted by molar-refractivity contribution is -0.144. The molecule has 1 aromatic rings. The second kappa shape index (κ2) is 4.60. The van der Waals surface area contributed by atoms with Crippen molar-refractivity contribution in [3.8, 4) is 0 Å². The molecule has 0 aliphatic carbocycles. The number of anilines is 2. The van der Waals surface area contributed by atoms with Gasteiger partial charge in [0.1, 0.15) is 11.6 Å². The highest BCUT2D eigenvalue weighted by Gasteiger charge is 2.36. The third-order valence-electron chi connectivity index (χ3n) is 2.79. The summed E-state index contributed by atoms with van der Waals surface area (Å²) in [6, 6.07) is 1.34. The molecule has 2 heterocycles. The van der Waals surface area contributed by atoms with Crippen LogP contribution in [0, 0.1) is 0 Å². The lowest BCUT2D eigenvalue weighted by Crippen LogP contribution is -2.25. The number of nitrogens with two attached hydrogens (primary N) is 1. The smallest absolute Gasteiger partial charge is 0.384 e. The molecule has 0 amide bonds. The monoisotopic (exact) mass is 262 g/mol. The van der Waals surface area contributed by atoms with E-state index in [2.05, 4.69) is 9.97 Å². The summed E-state index contributed by atoms with van der Waals surface area (Å²) in [6.45, 7) is 1.09. The van der Waals surface area contributed by atoms with E-state index in [0.717, 1.165) is 6.42 Å². The van der Waals surface area contributed by atoms with Crippen molar-refractivity contribution in [1.82, 2.24) is 9.97 Å². The van der Waals surface area contributed by atoms with Crippen molar-refractivity contribution in [3.63, 3.8) is 0 Å². The van der Waals surface area contributed by atoms with Gasteiger partial charge < -0.3 is 15.4 Å². The minimum Gasteiger partial charge on any atom is -0.384 e. The van der Waals surface area contributed by atoms with Gasteiger partial charge in [-0.2, -0.15) is 13.2 Å². The summed E-state index contributed by atoms with van der Waals surface area (Å²) in [4.78, 5) is 8.42. The number of aromatic nitrogens is 2. The molecule has 0 radical (unpaired) electrons. The molecule has 0 bridgehead atoms. The Balaban J connectivity index is 2.26. The van der Waals surface area contributed by atoms with Gasteiger partial charge in [-0.3, -0.25) is 0 Å². The van der Waals surface area contributed by atoms with Crippen LogP contribution in [0.4, 0.5) is 24.8 Å². The van der Waals surface area contributed by atoms with Gasteiger partial charge in [0.2, 0.25) is 5.82 Å². The maximum Gasteiger partial charge on any atom is 0.451 e. The zero-order valence-corrected chi connectivity index (χ0v) is 9.74. The third-order valence-corrected chi connectivity index (χ3v) is 2.79. The van der Waals surface area contributed by atoms with Crippen molar-refractivity contribution in [2.24, 2.45) is 0 Å². The van der Waals surface area contributed by atoms with E-state index in [9.17, 15) is 13.2 Å². The first kappa shape index (κ1) is 12.9. The fourth-order valence-corrected chi connectivity index (χ4v) is 1.87. The highest BCUT2D eigenvalue weighted by molar-refractivity contribution is 5.48. The van der Waals surface area contributed by atoms with Crippen molar-refractivity contribution in [2.75, 3.05) is 30.8 Å². The molecule has 1 unspecified atom stereocenters. The van der Waals surface area contributed by atoms with Crippen LogP contribution >= 0.6 is 0 Å². The number of nitrogens with zero attached hydrogens (tertiary/aromatic N) is 3. The van der Waals surface area contributed by atoms with E-state index in [0.29, 0.717) is 13.1 Å². The van der Waals surface area contributed by atoms with Crippen LogP contribution in [0.3, 0.4) is 0 Å². The van der Waals surface area contributed by atoms with Gasteiger partial charge in [0.25, 0.3) is 0 Å². The van der Waals surface area contributed by atoms with E-state index in [1.165, 1.54) is 6.07 Å². The summed E-state index contributed by atoms with van der Waals surface area (Å²) in [5, 5.41) is 0. The number of ether oxygens (including phenoxy) is 1. The average Bonchev–Trinajstić information content (AvgIpc) is 2.75. The minimum absolute atomic E-state index is 0.00975. The predicted molar refractivity (Wildman–Crippen MR) is 59.1 cm³/mol. The molecule has 2 N–H and O–H groups in total. The first-order chi connectivity index (χ1) is 8.40. The maximum atomic E-state index is 12.6. The number of alkyl halides is 3. The molecule has 1 aliphatic heterocycles. The number of rotatable bonds is 2. The molecule has 18 heavy (non-hydrogen) atoms. The van der Waals surface area contributed by atoms with E-state index in [1.807, 2.05) is 0 Å². The Morgan fingerprint density at radius 3 is 2.72 bits per heavy atom. The molecule has 1 atom stereocenters. The molecule has 5 nitrogen and oxygen atoms in total. The summed E-state index contributed by atoms with van der Waals surface area (Å²) in [6.07, 6.45) is -3.83. The highest BCUT2D eigenvalue weighted by Crippen LogP contribution is 2.29. The topological polar surface area (TPSA) is 64.3 Å². The minimum atomic E-state index is -4.59. The van der Waals surface area contributed by atoms with Crippen molar-refractivity contribution >= 4 is 11.6 Å². The molecule has 0 spiro atoms. The van der Waals surface area contributed by atoms with E-state index < -0.39 is 12.0 Å². The Bertz CT molecular complexity index is 438. The van der Waals surface area contributed by atoms with Gasteiger partial charge in [0.05, 0.1) is 6.10 Å². The van der Waals surface area contributed by atoms with Crippen LogP contribution in [-0.2, 0) is 10.9 Å². The molecular formula is C10H13F3N4O. The molecule has 8 heteroatoms. The highest BCUT2D eigenvalue weighted by atomic mass is 19.4. The molecule has 1 aliphatic rings. The van der Waals surface area contributed by atoms with Gasteiger partial charge in [-0.1, -0.05) is 0 Å². The molecule has 0 saturated carbocycles. The van der Waals surface area contributed by atoms with E-state index >= 15 is 0 Å². The van der Waals surface area contributed by atoms with Crippen molar-refractivity contribution in [3.05, 3.63) is 11.9 Å². The average molecular weight is 262 g/mol. The number of halogens is 3. The number of methoxy groups -OCH3 is 1. The Labute approximate surface area is 102 Å². The Kier molecular flexibility index (Phi) is 3.29. The predicted octanol–water partition coefficient (Wildman–Crippen LogP) is 1.30. The summed E-state index contributed by atoms with van der Waals surface area (Å²) in [5.74, 6) is -1.21. The van der Waals surface area contributed by atoms with Gasteiger partial charge in [-0.15, -0.1) is 0 Å². The molecule has 1 saturated heterocycles. The number of hydrogen-bond acceptors (Lipinski definition) is 5. The van der Waals surface area contributed by atoms with E-state index in [-0.39, 0.29) is 17.7 Å². The number of nitrogen functional groups attached to an aromatic ring is 1. The fraction of sp³-hybridized carbons (Fsp3) is 0.600. The lowest BCUT2D eigenvalue weighted by Gasteiger charge is -2.18. The Hall–Kier alpha value is -1.57. The zero-order chi connectivity index (χ0) is 13.3. The second-order valence-corrected chi connectivity index (χ2v) is 4.06. The fourth-order valence-electron chi connectivity index (χ4n) is 1.87. The third kappa shape index (κ3) is 2.63. The first-order valence-electron chi connectivity index (χ1n) is 5.39. The van der Waals surface area contributed by atoms with E-state index in [4.69, 9.17) is 10.5 Å². The summed E-state index contributed by atoms with van der Waals surface area (Å²) in [7, 11) is 1.57.